The molecule has 2 aromatic carbocycles. The third-order valence-electron chi connectivity index (χ3n) is 3.39. The molecule has 0 aliphatic carbocycles. The molecule has 0 aliphatic heterocycles. The lowest BCUT2D eigenvalue weighted by atomic mass is 10.1. The van der Waals surface area contributed by atoms with Gasteiger partial charge in [-0.3, -0.25) is 14.9 Å². The molecule has 1 amide bonds. The Balaban J connectivity index is 2.29. The van der Waals surface area contributed by atoms with Crippen molar-refractivity contribution >= 4 is 23.4 Å². The second kappa shape index (κ2) is 8.99. The highest BCUT2D eigenvalue weighted by atomic mass is 16.6. The molecule has 2 aromatic rings. The zero-order chi connectivity index (χ0) is 18.9. The van der Waals surface area contributed by atoms with E-state index in [9.17, 15) is 20.2 Å². The van der Waals surface area contributed by atoms with Crippen molar-refractivity contribution in [3.63, 3.8) is 0 Å². The van der Waals surface area contributed by atoms with E-state index in [0.717, 1.165) is 6.42 Å². The maximum atomic E-state index is 12.4. The van der Waals surface area contributed by atoms with Gasteiger partial charge in [-0.1, -0.05) is 37.3 Å². The van der Waals surface area contributed by atoms with Gasteiger partial charge in [0.2, 0.25) is 0 Å². The maximum Gasteiger partial charge on any atom is 0.292 e. The summed E-state index contributed by atoms with van der Waals surface area (Å²) in [5.41, 5.74) is 0.176. The Labute approximate surface area is 150 Å². The highest BCUT2D eigenvalue weighted by molar-refractivity contribution is 6.10. The molecule has 0 bridgehead atoms. The van der Waals surface area contributed by atoms with Crippen LogP contribution in [0.1, 0.15) is 18.9 Å². The predicted molar refractivity (Wildman–Crippen MR) is 97.5 cm³/mol. The van der Waals surface area contributed by atoms with Crippen molar-refractivity contribution in [2.75, 3.05) is 11.9 Å². The number of carbonyl (C=O) groups is 1. The molecule has 0 aromatic heterocycles. The van der Waals surface area contributed by atoms with Crippen LogP contribution in [0.15, 0.2) is 54.1 Å². The standard InChI is InChI=1S/C19H17N3O4/c1-2-11-26-18-10-6-3-7-14(18)12-15(13-20)19(23)21-16-8-4-5-9-17(16)22(24)25/h3-10,12H,2,11H2,1H3,(H,21,23)/b15-12+. The van der Waals surface area contributed by atoms with Crippen LogP contribution in [0.5, 0.6) is 5.75 Å². The van der Waals surface area contributed by atoms with E-state index in [0.29, 0.717) is 17.9 Å². The number of ether oxygens (including phenoxy) is 1. The molecule has 0 saturated heterocycles. The second-order valence-corrected chi connectivity index (χ2v) is 5.28. The van der Waals surface area contributed by atoms with E-state index in [4.69, 9.17) is 4.74 Å². The van der Waals surface area contributed by atoms with Gasteiger partial charge >= 0.3 is 0 Å². The van der Waals surface area contributed by atoms with E-state index in [2.05, 4.69) is 5.32 Å². The van der Waals surface area contributed by atoms with Crippen LogP contribution in [0.2, 0.25) is 0 Å². The molecule has 0 spiro atoms. The molecule has 7 nitrogen and oxygen atoms in total. The Morgan fingerprint density at radius 1 is 1.27 bits per heavy atom. The number of nitriles is 1. The van der Waals surface area contributed by atoms with Gasteiger partial charge < -0.3 is 10.1 Å². The van der Waals surface area contributed by atoms with Crippen molar-refractivity contribution in [3.8, 4) is 11.8 Å². The minimum Gasteiger partial charge on any atom is -0.493 e. The smallest absolute Gasteiger partial charge is 0.292 e. The number of benzene rings is 2. The molecule has 7 heteroatoms. The van der Waals surface area contributed by atoms with Gasteiger partial charge in [0, 0.05) is 11.6 Å². The summed E-state index contributed by atoms with van der Waals surface area (Å²) in [5, 5.41) is 22.8. The number of para-hydroxylation sites is 3. The summed E-state index contributed by atoms with van der Waals surface area (Å²) in [7, 11) is 0. The van der Waals surface area contributed by atoms with Crippen molar-refractivity contribution in [1.82, 2.24) is 0 Å². The average Bonchev–Trinajstić information content (AvgIpc) is 2.65. The van der Waals surface area contributed by atoms with Crippen LogP contribution in [0.25, 0.3) is 6.08 Å². The van der Waals surface area contributed by atoms with Gasteiger partial charge in [-0.2, -0.15) is 5.26 Å². The predicted octanol–water partition coefficient (Wildman–Crippen LogP) is 3.93. The summed E-state index contributed by atoms with van der Waals surface area (Å²) in [4.78, 5) is 22.8. The molecule has 0 aliphatic rings. The number of hydrogen-bond acceptors (Lipinski definition) is 5. The van der Waals surface area contributed by atoms with Crippen LogP contribution < -0.4 is 10.1 Å². The molecule has 2 rings (SSSR count). The molecule has 26 heavy (non-hydrogen) atoms. The Morgan fingerprint density at radius 2 is 1.96 bits per heavy atom. The summed E-state index contributed by atoms with van der Waals surface area (Å²) in [6.07, 6.45) is 2.22. The molecule has 0 atom stereocenters. The first kappa shape index (κ1) is 18.7. The molecule has 1 N–H and O–H groups in total. The van der Waals surface area contributed by atoms with Crippen molar-refractivity contribution in [2.24, 2.45) is 0 Å². The number of anilines is 1. The van der Waals surface area contributed by atoms with Crippen LogP contribution >= 0.6 is 0 Å². The van der Waals surface area contributed by atoms with Crippen molar-refractivity contribution < 1.29 is 14.5 Å². The van der Waals surface area contributed by atoms with Crippen LogP contribution in [0.4, 0.5) is 11.4 Å². The normalized spacial score (nSPS) is 10.7. The number of carbonyl (C=O) groups excluding carboxylic acids is 1. The van der Waals surface area contributed by atoms with E-state index in [1.54, 1.807) is 30.3 Å². The fourth-order valence-electron chi connectivity index (χ4n) is 2.18. The number of hydrogen-bond donors (Lipinski definition) is 1. The Bertz CT molecular complexity index is 884. The Hall–Kier alpha value is -3.66. The van der Waals surface area contributed by atoms with Gasteiger partial charge in [-0.05, 0) is 24.6 Å². The highest BCUT2D eigenvalue weighted by Gasteiger charge is 2.17. The quantitative estimate of drug-likeness (QED) is 0.352. The summed E-state index contributed by atoms with van der Waals surface area (Å²) in [5.74, 6) is -0.173. The second-order valence-electron chi connectivity index (χ2n) is 5.28. The minimum atomic E-state index is -0.730. The van der Waals surface area contributed by atoms with Crippen LogP contribution in [0, 0.1) is 21.4 Å². The van der Waals surface area contributed by atoms with Gasteiger partial charge in [-0.25, -0.2) is 0 Å². The van der Waals surface area contributed by atoms with Crippen molar-refractivity contribution in [1.29, 1.82) is 5.26 Å². The number of nitro groups is 1. The molecule has 0 unspecified atom stereocenters. The lowest BCUT2D eigenvalue weighted by Crippen LogP contribution is -2.14. The first-order valence-corrected chi connectivity index (χ1v) is 7.95. The van der Waals surface area contributed by atoms with Gasteiger partial charge in [0.15, 0.2) is 0 Å². The van der Waals surface area contributed by atoms with Crippen LogP contribution in [-0.4, -0.2) is 17.4 Å². The van der Waals surface area contributed by atoms with E-state index < -0.39 is 10.8 Å². The summed E-state index contributed by atoms with van der Waals surface area (Å²) >= 11 is 0. The summed E-state index contributed by atoms with van der Waals surface area (Å²) < 4.78 is 5.61. The molecule has 132 valence electrons. The van der Waals surface area contributed by atoms with Crippen molar-refractivity contribution in [2.45, 2.75) is 13.3 Å². The Morgan fingerprint density at radius 3 is 2.65 bits per heavy atom. The molecule has 0 radical (unpaired) electrons. The number of nitrogens with zero attached hydrogens (tertiary/aromatic N) is 2. The molecule has 0 heterocycles. The SMILES string of the molecule is CCCOc1ccccc1/C=C(\C#N)C(=O)Nc1ccccc1[N+](=O)[O-]. The van der Waals surface area contributed by atoms with Gasteiger partial charge in [0.1, 0.15) is 23.1 Å². The third kappa shape index (κ3) is 4.68. The number of amides is 1. The maximum absolute atomic E-state index is 12.4. The zero-order valence-corrected chi connectivity index (χ0v) is 14.1. The van der Waals surface area contributed by atoms with Crippen molar-refractivity contribution in [3.05, 3.63) is 69.8 Å². The largest absolute Gasteiger partial charge is 0.493 e. The molecule has 0 saturated carbocycles. The number of nitrogens with one attached hydrogen (secondary N) is 1. The molecular weight excluding hydrogens is 334 g/mol. The summed E-state index contributed by atoms with van der Waals surface area (Å²) in [6.45, 7) is 2.48. The first-order valence-electron chi connectivity index (χ1n) is 7.95. The van der Waals surface area contributed by atoms with Gasteiger partial charge in [-0.15, -0.1) is 0 Å². The third-order valence-corrected chi connectivity index (χ3v) is 3.39. The molecular formula is C19H17N3O4. The molecule has 0 fully saturated rings. The zero-order valence-electron chi connectivity index (χ0n) is 14.1. The lowest BCUT2D eigenvalue weighted by molar-refractivity contribution is -0.383. The minimum absolute atomic E-state index is 0.0270. The highest BCUT2D eigenvalue weighted by Crippen LogP contribution is 2.25. The van der Waals surface area contributed by atoms with Gasteiger partial charge in [0.25, 0.3) is 11.6 Å². The summed E-state index contributed by atoms with van der Waals surface area (Å²) in [6, 6.07) is 14.6. The fourth-order valence-corrected chi connectivity index (χ4v) is 2.18. The monoisotopic (exact) mass is 351 g/mol. The first-order chi connectivity index (χ1) is 12.6. The van der Waals surface area contributed by atoms with E-state index in [-0.39, 0.29) is 16.9 Å². The van der Waals surface area contributed by atoms with E-state index >= 15 is 0 Å². The number of rotatable bonds is 7. The van der Waals surface area contributed by atoms with Crippen LogP contribution in [0.3, 0.4) is 0 Å². The van der Waals surface area contributed by atoms with E-state index in [1.165, 1.54) is 24.3 Å². The number of nitro benzene ring substituents is 1. The lowest BCUT2D eigenvalue weighted by Gasteiger charge is -2.09. The Kier molecular flexibility index (Phi) is 6.46. The fraction of sp³-hybridized carbons (Fsp3) is 0.158. The average molecular weight is 351 g/mol. The van der Waals surface area contributed by atoms with Crippen LogP contribution in [-0.2, 0) is 4.79 Å². The topological polar surface area (TPSA) is 105 Å². The van der Waals surface area contributed by atoms with E-state index in [1.807, 2.05) is 13.0 Å². The van der Waals surface area contributed by atoms with Gasteiger partial charge in [0.05, 0.1) is 11.5 Å².